The number of thioether (sulfide) groups is 1. The van der Waals surface area contributed by atoms with Gasteiger partial charge in [0.25, 0.3) is 5.91 Å². The molecule has 2 aromatic rings. The Hall–Kier alpha value is -2.10. The van der Waals surface area contributed by atoms with Crippen molar-refractivity contribution in [2.45, 2.75) is 0 Å². The van der Waals surface area contributed by atoms with Crippen molar-refractivity contribution in [2.75, 3.05) is 7.05 Å². The third kappa shape index (κ3) is 4.26. The van der Waals surface area contributed by atoms with Crippen LogP contribution in [0.5, 0.6) is 5.75 Å². The lowest BCUT2D eigenvalue weighted by Gasteiger charge is -2.07. The van der Waals surface area contributed by atoms with Gasteiger partial charge in [-0.1, -0.05) is 6.07 Å². The van der Waals surface area contributed by atoms with E-state index in [4.69, 9.17) is 5.11 Å². The number of hydrogen-bond donors (Lipinski definition) is 2. The molecule has 138 valence electrons. The van der Waals surface area contributed by atoms with E-state index in [2.05, 4.69) is 36.9 Å². The van der Waals surface area contributed by atoms with Gasteiger partial charge >= 0.3 is 5.97 Å². The number of hydrogen-bond acceptors (Lipinski definition) is 5. The largest absolute Gasteiger partial charge is 0.506 e. The second-order valence-corrected chi connectivity index (χ2v) is 8.28. The summed E-state index contributed by atoms with van der Waals surface area (Å²) in [5, 5.41) is 19.3. The Bertz CT molecular complexity index is 997. The molecular formula is C18H12Br2N2O4S. The number of carboxylic acid groups (broad SMARTS) is 1. The van der Waals surface area contributed by atoms with E-state index in [0.717, 1.165) is 5.56 Å². The number of carbonyl (C=O) groups is 2. The first-order chi connectivity index (χ1) is 12.8. The lowest BCUT2D eigenvalue weighted by atomic mass is 10.2. The fraction of sp³-hybridized carbons (Fsp3) is 0.0556. The van der Waals surface area contributed by atoms with Gasteiger partial charge < -0.3 is 10.2 Å². The summed E-state index contributed by atoms with van der Waals surface area (Å²) in [6, 6.07) is 9.61. The lowest BCUT2D eigenvalue weighted by Crippen LogP contribution is -2.23. The minimum atomic E-state index is -1.04. The van der Waals surface area contributed by atoms with E-state index < -0.39 is 5.97 Å². The Kier molecular flexibility index (Phi) is 5.73. The number of benzene rings is 2. The minimum Gasteiger partial charge on any atom is -0.506 e. The SMILES string of the molecule is CN1C(=O)C(=Cc2cc(Br)c(O)c(Br)c2)SC1=Nc1cccc(C(=O)O)c1. The normalized spacial score (nSPS) is 17.1. The summed E-state index contributed by atoms with van der Waals surface area (Å²) in [5.41, 5.74) is 1.31. The van der Waals surface area contributed by atoms with Gasteiger partial charge in [0.15, 0.2) is 5.17 Å². The molecule has 0 bridgehead atoms. The van der Waals surface area contributed by atoms with Gasteiger partial charge in [-0.05, 0) is 85.6 Å². The number of likely N-dealkylation sites (N-methyl/N-ethyl adjacent to an activating group) is 1. The number of aromatic carboxylic acids is 1. The topological polar surface area (TPSA) is 90.2 Å². The number of aliphatic imine (C=N–C) groups is 1. The number of amides is 1. The summed E-state index contributed by atoms with van der Waals surface area (Å²) < 4.78 is 1.01. The fourth-order valence-corrected chi connectivity index (χ4v) is 4.50. The molecule has 1 amide bonds. The molecule has 2 aromatic carbocycles. The number of aromatic hydroxyl groups is 1. The van der Waals surface area contributed by atoms with Crippen LogP contribution >= 0.6 is 43.6 Å². The van der Waals surface area contributed by atoms with Gasteiger partial charge in [-0.15, -0.1) is 0 Å². The van der Waals surface area contributed by atoms with Gasteiger partial charge in [-0.3, -0.25) is 9.69 Å². The number of amidine groups is 1. The molecule has 1 aliphatic heterocycles. The van der Waals surface area contributed by atoms with Gasteiger partial charge in [-0.25, -0.2) is 9.79 Å². The Morgan fingerprint density at radius 1 is 1.22 bits per heavy atom. The van der Waals surface area contributed by atoms with Crippen molar-refractivity contribution in [1.82, 2.24) is 4.90 Å². The van der Waals surface area contributed by atoms with Crippen molar-refractivity contribution in [3.63, 3.8) is 0 Å². The molecule has 27 heavy (non-hydrogen) atoms. The van der Waals surface area contributed by atoms with E-state index in [1.807, 2.05) is 0 Å². The van der Waals surface area contributed by atoms with Crippen LogP contribution in [-0.4, -0.2) is 39.2 Å². The third-order valence-corrected chi connectivity index (χ3v) is 5.93. The van der Waals surface area contributed by atoms with Crippen LogP contribution in [0, 0.1) is 0 Å². The lowest BCUT2D eigenvalue weighted by molar-refractivity contribution is -0.121. The van der Waals surface area contributed by atoms with Crippen molar-refractivity contribution in [2.24, 2.45) is 4.99 Å². The molecule has 1 aliphatic rings. The van der Waals surface area contributed by atoms with Crippen LogP contribution < -0.4 is 0 Å². The zero-order valence-electron chi connectivity index (χ0n) is 13.8. The number of rotatable bonds is 3. The molecule has 0 atom stereocenters. The molecule has 2 N–H and O–H groups in total. The zero-order chi connectivity index (χ0) is 19.7. The molecule has 1 heterocycles. The molecule has 3 rings (SSSR count). The second kappa shape index (κ2) is 7.87. The van der Waals surface area contributed by atoms with Crippen LogP contribution in [0.15, 0.2) is 55.2 Å². The summed E-state index contributed by atoms with van der Waals surface area (Å²) in [4.78, 5) is 29.9. The van der Waals surface area contributed by atoms with E-state index >= 15 is 0 Å². The van der Waals surface area contributed by atoms with Crippen LogP contribution in [0.2, 0.25) is 0 Å². The molecule has 6 nitrogen and oxygen atoms in total. The Morgan fingerprint density at radius 2 is 1.89 bits per heavy atom. The van der Waals surface area contributed by atoms with Crippen molar-refractivity contribution < 1.29 is 19.8 Å². The van der Waals surface area contributed by atoms with E-state index in [9.17, 15) is 14.7 Å². The summed E-state index contributed by atoms with van der Waals surface area (Å²) in [6.45, 7) is 0. The number of carboxylic acids is 1. The van der Waals surface area contributed by atoms with Gasteiger partial charge in [0, 0.05) is 7.05 Å². The average molecular weight is 512 g/mol. The quantitative estimate of drug-likeness (QED) is 0.575. The average Bonchev–Trinajstić information content (AvgIpc) is 2.88. The Balaban J connectivity index is 1.93. The highest BCUT2D eigenvalue weighted by molar-refractivity contribution is 9.11. The van der Waals surface area contributed by atoms with E-state index in [-0.39, 0.29) is 17.2 Å². The first-order valence-corrected chi connectivity index (χ1v) is 9.94. The maximum Gasteiger partial charge on any atom is 0.335 e. The summed E-state index contributed by atoms with van der Waals surface area (Å²) in [7, 11) is 1.61. The van der Waals surface area contributed by atoms with E-state index in [1.165, 1.54) is 28.8 Å². The number of halogens is 2. The van der Waals surface area contributed by atoms with Gasteiger partial charge in [0.1, 0.15) is 5.75 Å². The predicted molar refractivity (Wildman–Crippen MR) is 112 cm³/mol. The van der Waals surface area contributed by atoms with Gasteiger partial charge in [0.2, 0.25) is 0 Å². The van der Waals surface area contributed by atoms with Crippen molar-refractivity contribution >= 4 is 72.4 Å². The van der Waals surface area contributed by atoms with Gasteiger partial charge in [-0.2, -0.15) is 0 Å². The standard InChI is InChI=1S/C18H12Br2N2O4S/c1-22-16(24)14(7-9-5-12(19)15(23)13(20)6-9)27-18(22)21-11-4-2-3-10(8-11)17(25)26/h2-8,23H,1H3,(H,25,26). The molecule has 1 saturated heterocycles. The van der Waals surface area contributed by atoms with Crippen molar-refractivity contribution in [1.29, 1.82) is 0 Å². The van der Waals surface area contributed by atoms with Crippen molar-refractivity contribution in [3.8, 4) is 5.75 Å². The number of phenolic OH excluding ortho intramolecular Hbond substituents is 1. The second-order valence-electron chi connectivity index (χ2n) is 5.56. The number of nitrogens with zero attached hydrogens (tertiary/aromatic N) is 2. The monoisotopic (exact) mass is 510 g/mol. The Labute approximate surface area is 175 Å². The molecular weight excluding hydrogens is 500 g/mol. The first kappa shape index (κ1) is 19.7. The molecule has 0 unspecified atom stereocenters. The molecule has 0 spiro atoms. The van der Waals surface area contributed by atoms with Crippen LogP contribution in [-0.2, 0) is 4.79 Å². The first-order valence-electron chi connectivity index (χ1n) is 7.54. The van der Waals surface area contributed by atoms with Crippen LogP contribution in [0.4, 0.5) is 5.69 Å². The number of carbonyl (C=O) groups excluding carboxylic acids is 1. The molecule has 1 fully saturated rings. The van der Waals surface area contributed by atoms with E-state index in [1.54, 1.807) is 37.4 Å². The summed E-state index contributed by atoms with van der Waals surface area (Å²) >= 11 is 7.72. The highest BCUT2D eigenvalue weighted by Gasteiger charge is 2.30. The zero-order valence-corrected chi connectivity index (χ0v) is 17.8. The predicted octanol–water partition coefficient (Wildman–Crippen LogP) is 4.85. The van der Waals surface area contributed by atoms with E-state index in [0.29, 0.717) is 24.7 Å². The van der Waals surface area contributed by atoms with Crippen LogP contribution in [0.3, 0.4) is 0 Å². The maximum absolute atomic E-state index is 12.5. The summed E-state index contributed by atoms with van der Waals surface area (Å²) in [5.74, 6) is -1.17. The minimum absolute atomic E-state index is 0.0835. The molecule has 9 heteroatoms. The van der Waals surface area contributed by atoms with Crippen LogP contribution in [0.25, 0.3) is 6.08 Å². The molecule has 0 radical (unpaired) electrons. The van der Waals surface area contributed by atoms with Gasteiger partial charge in [0.05, 0.1) is 25.1 Å². The molecule has 0 aliphatic carbocycles. The van der Waals surface area contributed by atoms with Crippen molar-refractivity contribution in [3.05, 3.63) is 61.4 Å². The fourth-order valence-electron chi connectivity index (χ4n) is 2.29. The smallest absolute Gasteiger partial charge is 0.335 e. The number of phenols is 1. The summed E-state index contributed by atoms with van der Waals surface area (Å²) in [6.07, 6.45) is 1.70. The van der Waals surface area contributed by atoms with Crippen LogP contribution in [0.1, 0.15) is 15.9 Å². The highest BCUT2D eigenvalue weighted by Crippen LogP contribution is 2.37. The highest BCUT2D eigenvalue weighted by atomic mass is 79.9. The third-order valence-electron chi connectivity index (χ3n) is 3.66. The maximum atomic E-state index is 12.5. The Morgan fingerprint density at radius 3 is 2.52 bits per heavy atom. The molecule has 0 saturated carbocycles. The molecule has 0 aromatic heterocycles.